The van der Waals surface area contributed by atoms with Gasteiger partial charge in [-0.2, -0.15) is 0 Å². The number of rotatable bonds is 3. The number of hydrogen-bond acceptors (Lipinski definition) is 2. The van der Waals surface area contributed by atoms with Crippen molar-refractivity contribution in [3.05, 3.63) is 56.9 Å². The van der Waals surface area contributed by atoms with E-state index in [9.17, 15) is 0 Å². The highest BCUT2D eigenvalue weighted by Gasteiger charge is 2.08. The molecule has 0 saturated heterocycles. The van der Waals surface area contributed by atoms with Crippen LogP contribution in [0.25, 0.3) is 11.2 Å². The summed E-state index contributed by atoms with van der Waals surface area (Å²) in [6, 6.07) is 10.5. The Morgan fingerprint density at radius 3 is 2.80 bits per heavy atom. The molecule has 0 radical (unpaired) electrons. The molecule has 0 amide bonds. The Labute approximate surface area is 130 Å². The van der Waals surface area contributed by atoms with Gasteiger partial charge in [0.2, 0.25) is 0 Å². The standard InChI is InChI=1S/C15H14BrN3S/c1-2-10-5-3-4-6-11(10)9-19-14-13(18-15(19)20)7-12(16)8-17-14/h3-8H,2,9H2,1H3,(H,18,20). The number of H-pyrrole nitrogens is 1. The number of imidazole rings is 1. The van der Waals surface area contributed by atoms with E-state index in [4.69, 9.17) is 12.2 Å². The van der Waals surface area contributed by atoms with Crippen molar-refractivity contribution in [2.75, 3.05) is 0 Å². The van der Waals surface area contributed by atoms with Gasteiger partial charge in [-0.05, 0) is 51.8 Å². The van der Waals surface area contributed by atoms with Gasteiger partial charge < -0.3 is 4.98 Å². The quantitative estimate of drug-likeness (QED) is 0.709. The van der Waals surface area contributed by atoms with Crippen LogP contribution in [0.2, 0.25) is 0 Å². The summed E-state index contributed by atoms with van der Waals surface area (Å²) in [6.45, 7) is 2.92. The lowest BCUT2D eigenvalue weighted by Crippen LogP contribution is -2.03. The summed E-state index contributed by atoms with van der Waals surface area (Å²) in [5.41, 5.74) is 4.49. The van der Waals surface area contributed by atoms with E-state index in [2.05, 4.69) is 57.1 Å². The maximum atomic E-state index is 5.43. The number of pyridine rings is 1. The number of fused-ring (bicyclic) bond motifs is 1. The van der Waals surface area contributed by atoms with E-state index in [0.29, 0.717) is 4.77 Å². The number of benzene rings is 1. The van der Waals surface area contributed by atoms with E-state index in [1.807, 2.05) is 10.6 Å². The van der Waals surface area contributed by atoms with Crippen LogP contribution in [0.1, 0.15) is 18.1 Å². The van der Waals surface area contributed by atoms with Crippen LogP contribution in [-0.4, -0.2) is 14.5 Å². The summed E-state index contributed by atoms with van der Waals surface area (Å²) in [4.78, 5) is 7.68. The van der Waals surface area contributed by atoms with Crippen molar-refractivity contribution >= 4 is 39.3 Å². The summed E-state index contributed by atoms with van der Waals surface area (Å²) in [5.74, 6) is 0. The van der Waals surface area contributed by atoms with Crippen molar-refractivity contribution in [2.24, 2.45) is 0 Å². The zero-order valence-electron chi connectivity index (χ0n) is 11.1. The smallest absolute Gasteiger partial charge is 0.179 e. The maximum Gasteiger partial charge on any atom is 0.179 e. The van der Waals surface area contributed by atoms with Crippen LogP contribution < -0.4 is 0 Å². The molecular weight excluding hydrogens is 334 g/mol. The third kappa shape index (κ3) is 2.43. The van der Waals surface area contributed by atoms with Crippen molar-refractivity contribution in [1.29, 1.82) is 0 Å². The maximum absolute atomic E-state index is 5.43. The molecule has 0 spiro atoms. The van der Waals surface area contributed by atoms with E-state index in [0.717, 1.165) is 28.6 Å². The van der Waals surface area contributed by atoms with Gasteiger partial charge in [-0.25, -0.2) is 4.98 Å². The summed E-state index contributed by atoms with van der Waals surface area (Å²) in [7, 11) is 0. The minimum atomic E-state index is 0.705. The Morgan fingerprint density at radius 2 is 2.05 bits per heavy atom. The molecule has 0 atom stereocenters. The number of aromatic amines is 1. The second-order valence-corrected chi connectivity index (χ2v) is 5.97. The Balaban J connectivity index is 2.11. The van der Waals surface area contributed by atoms with Gasteiger partial charge in [-0.1, -0.05) is 31.2 Å². The molecule has 3 nitrogen and oxygen atoms in total. The van der Waals surface area contributed by atoms with E-state index >= 15 is 0 Å². The first-order valence-electron chi connectivity index (χ1n) is 6.50. The number of nitrogens with zero attached hydrogens (tertiary/aromatic N) is 2. The van der Waals surface area contributed by atoms with Crippen LogP contribution in [-0.2, 0) is 13.0 Å². The average molecular weight is 348 g/mol. The Hall–Kier alpha value is -1.46. The van der Waals surface area contributed by atoms with Crippen molar-refractivity contribution < 1.29 is 0 Å². The summed E-state index contributed by atoms with van der Waals surface area (Å²) in [6.07, 6.45) is 2.82. The van der Waals surface area contributed by atoms with Crippen LogP contribution >= 0.6 is 28.1 Å². The third-order valence-electron chi connectivity index (χ3n) is 3.40. The fourth-order valence-electron chi connectivity index (χ4n) is 2.39. The van der Waals surface area contributed by atoms with E-state index < -0.39 is 0 Å². The highest BCUT2D eigenvalue weighted by Crippen LogP contribution is 2.19. The molecule has 1 N–H and O–H groups in total. The van der Waals surface area contributed by atoms with Crippen LogP contribution in [0, 0.1) is 4.77 Å². The molecule has 0 saturated carbocycles. The normalized spacial score (nSPS) is 11.1. The first-order valence-corrected chi connectivity index (χ1v) is 7.70. The highest BCUT2D eigenvalue weighted by atomic mass is 79.9. The predicted octanol–water partition coefficient (Wildman–Crippen LogP) is 4.47. The van der Waals surface area contributed by atoms with E-state index in [1.165, 1.54) is 11.1 Å². The van der Waals surface area contributed by atoms with Gasteiger partial charge in [-0.15, -0.1) is 0 Å². The third-order valence-corrected chi connectivity index (χ3v) is 4.16. The van der Waals surface area contributed by atoms with Gasteiger partial charge in [0.15, 0.2) is 10.4 Å². The monoisotopic (exact) mass is 347 g/mol. The number of aromatic nitrogens is 3. The fourth-order valence-corrected chi connectivity index (χ4v) is 2.98. The summed E-state index contributed by atoms with van der Waals surface area (Å²) < 4.78 is 3.70. The molecule has 20 heavy (non-hydrogen) atoms. The lowest BCUT2D eigenvalue weighted by molar-refractivity contribution is 0.790. The largest absolute Gasteiger partial charge is 0.329 e. The molecule has 0 fully saturated rings. The van der Waals surface area contributed by atoms with Gasteiger partial charge in [0.1, 0.15) is 0 Å². The Kier molecular flexibility index (Phi) is 3.72. The predicted molar refractivity (Wildman–Crippen MR) is 87.5 cm³/mol. The zero-order chi connectivity index (χ0) is 14.1. The van der Waals surface area contributed by atoms with Crippen molar-refractivity contribution in [3.63, 3.8) is 0 Å². The second-order valence-electron chi connectivity index (χ2n) is 4.66. The minimum absolute atomic E-state index is 0.705. The van der Waals surface area contributed by atoms with Crippen LogP contribution in [0.4, 0.5) is 0 Å². The highest BCUT2D eigenvalue weighted by molar-refractivity contribution is 9.10. The molecule has 1 aromatic carbocycles. The number of nitrogens with one attached hydrogen (secondary N) is 1. The Bertz CT molecular complexity index is 819. The topological polar surface area (TPSA) is 33.6 Å². The van der Waals surface area contributed by atoms with E-state index in [1.54, 1.807) is 6.20 Å². The molecule has 3 rings (SSSR count). The molecular formula is C15H14BrN3S. The van der Waals surface area contributed by atoms with Gasteiger partial charge in [0, 0.05) is 10.7 Å². The number of hydrogen-bond donors (Lipinski definition) is 1. The summed E-state index contributed by atoms with van der Waals surface area (Å²) in [5, 5.41) is 0. The van der Waals surface area contributed by atoms with Gasteiger partial charge in [0.25, 0.3) is 0 Å². The Morgan fingerprint density at radius 1 is 1.30 bits per heavy atom. The van der Waals surface area contributed by atoms with Crippen LogP contribution in [0.5, 0.6) is 0 Å². The van der Waals surface area contributed by atoms with Gasteiger partial charge >= 0.3 is 0 Å². The lowest BCUT2D eigenvalue weighted by Gasteiger charge is -2.09. The first kappa shape index (κ1) is 13.5. The molecule has 5 heteroatoms. The van der Waals surface area contributed by atoms with Crippen LogP contribution in [0.3, 0.4) is 0 Å². The molecule has 0 aliphatic rings. The molecule has 2 heterocycles. The van der Waals surface area contributed by atoms with E-state index in [-0.39, 0.29) is 0 Å². The second kappa shape index (κ2) is 5.50. The first-order chi connectivity index (χ1) is 9.69. The molecule has 0 aliphatic heterocycles. The summed E-state index contributed by atoms with van der Waals surface area (Å²) >= 11 is 8.86. The number of aryl methyl sites for hydroxylation is 1. The average Bonchev–Trinajstić information content (AvgIpc) is 2.75. The molecule has 0 unspecified atom stereocenters. The minimum Gasteiger partial charge on any atom is -0.329 e. The molecule has 2 aromatic heterocycles. The molecule has 3 aromatic rings. The van der Waals surface area contributed by atoms with Gasteiger partial charge in [-0.3, -0.25) is 4.57 Å². The molecule has 102 valence electrons. The van der Waals surface area contributed by atoms with Crippen molar-refractivity contribution in [1.82, 2.24) is 14.5 Å². The molecule has 0 bridgehead atoms. The molecule has 0 aliphatic carbocycles. The van der Waals surface area contributed by atoms with Crippen LogP contribution in [0.15, 0.2) is 41.0 Å². The van der Waals surface area contributed by atoms with Gasteiger partial charge in [0.05, 0.1) is 12.1 Å². The van der Waals surface area contributed by atoms with Crippen molar-refractivity contribution in [2.45, 2.75) is 19.9 Å². The lowest BCUT2D eigenvalue weighted by atomic mass is 10.1. The fraction of sp³-hybridized carbons (Fsp3) is 0.200. The zero-order valence-corrected chi connectivity index (χ0v) is 13.5. The number of halogens is 1. The SMILES string of the molecule is CCc1ccccc1Cn1c(=S)[nH]c2cc(Br)cnc21. The van der Waals surface area contributed by atoms with Crippen molar-refractivity contribution in [3.8, 4) is 0 Å².